The van der Waals surface area contributed by atoms with Crippen LogP contribution < -0.4 is 9.97 Å². The summed E-state index contributed by atoms with van der Waals surface area (Å²) in [5, 5.41) is 1.47. The fourth-order valence-electron chi connectivity index (χ4n) is 4.05. The first kappa shape index (κ1) is 19.8. The molecule has 30 heavy (non-hydrogen) atoms. The van der Waals surface area contributed by atoms with Crippen molar-refractivity contribution in [2.75, 3.05) is 10.2 Å². The van der Waals surface area contributed by atoms with Crippen LogP contribution in [0.3, 0.4) is 0 Å². The minimum absolute atomic E-state index is 0.0645. The summed E-state index contributed by atoms with van der Waals surface area (Å²) in [7, 11) is 0. The lowest BCUT2D eigenvalue weighted by atomic mass is 10.0. The molecule has 0 bridgehead atoms. The van der Waals surface area contributed by atoms with Gasteiger partial charge in [-0.2, -0.15) is 4.68 Å². The first-order valence-electron chi connectivity index (χ1n) is 9.27. The zero-order valence-corrected chi connectivity index (χ0v) is 20.1. The van der Waals surface area contributed by atoms with Crippen molar-refractivity contribution in [2.24, 2.45) is 0 Å². The number of Topliss-reactive ketones (excluding diaryl/α,β-unsaturated/α-hetero) is 1. The third-order valence-corrected chi connectivity index (χ3v) is 7.42. The number of carbonyl (C=O) groups is 1. The number of rotatable bonds is 2. The summed E-state index contributed by atoms with van der Waals surface area (Å²) in [6.07, 6.45) is 0. The number of aromatic nitrogens is 3. The van der Waals surface area contributed by atoms with Crippen molar-refractivity contribution in [3.8, 4) is 0 Å². The summed E-state index contributed by atoms with van der Waals surface area (Å²) >= 11 is 8.29. The zero-order chi connectivity index (χ0) is 21.2. The largest absolute Gasteiger partial charge is 0.358 e. The minimum Gasteiger partial charge on any atom is -0.358 e. The number of para-hydroxylation sites is 1. The molecule has 2 aromatic carbocycles. The standard InChI is InChI=1S/C21H16Br2N4O2S/c1-10-18(13-5-3-4-6-16(13)24-10)20-17(28)9-30-27(20)26-11(2)25-19-14(21(26)29)7-12(22)8-15(19)23/h3-8,20,24H,9H2,1-2H3. The summed E-state index contributed by atoms with van der Waals surface area (Å²) in [4.78, 5) is 34.6. The van der Waals surface area contributed by atoms with Crippen LogP contribution in [0.4, 0.5) is 0 Å². The lowest BCUT2D eigenvalue weighted by Gasteiger charge is -2.27. The highest BCUT2D eigenvalue weighted by molar-refractivity contribution is 9.11. The monoisotopic (exact) mass is 546 g/mol. The van der Waals surface area contributed by atoms with Gasteiger partial charge in [-0.25, -0.2) is 9.40 Å². The van der Waals surface area contributed by atoms with E-state index in [2.05, 4.69) is 41.8 Å². The fraction of sp³-hybridized carbons (Fsp3) is 0.190. The zero-order valence-electron chi connectivity index (χ0n) is 16.1. The van der Waals surface area contributed by atoms with Crippen LogP contribution in [0.25, 0.3) is 21.8 Å². The maximum Gasteiger partial charge on any atom is 0.281 e. The van der Waals surface area contributed by atoms with Gasteiger partial charge < -0.3 is 4.98 Å². The summed E-state index contributed by atoms with van der Waals surface area (Å²) in [5.74, 6) is 0.894. The molecule has 0 spiro atoms. The molecule has 0 amide bonds. The number of aryl methyl sites for hydroxylation is 2. The Labute approximate surface area is 193 Å². The van der Waals surface area contributed by atoms with Crippen LogP contribution in [0.5, 0.6) is 0 Å². The molecule has 0 aliphatic carbocycles. The minimum atomic E-state index is -0.572. The highest BCUT2D eigenvalue weighted by Crippen LogP contribution is 2.39. The molecule has 5 rings (SSSR count). The van der Waals surface area contributed by atoms with Crippen LogP contribution in [0, 0.1) is 13.8 Å². The van der Waals surface area contributed by atoms with Crippen molar-refractivity contribution in [1.82, 2.24) is 14.6 Å². The molecule has 1 N–H and O–H groups in total. The smallest absolute Gasteiger partial charge is 0.281 e. The second-order valence-electron chi connectivity index (χ2n) is 7.21. The van der Waals surface area contributed by atoms with E-state index in [1.165, 1.54) is 16.6 Å². The van der Waals surface area contributed by atoms with Gasteiger partial charge in [0.1, 0.15) is 11.9 Å². The normalized spacial score (nSPS) is 16.9. The quantitative estimate of drug-likeness (QED) is 0.360. The summed E-state index contributed by atoms with van der Waals surface area (Å²) in [5.41, 5.74) is 3.20. The molecule has 1 fully saturated rings. The molecule has 1 aliphatic heterocycles. The average Bonchev–Trinajstić information content (AvgIpc) is 3.21. The van der Waals surface area contributed by atoms with Crippen molar-refractivity contribution in [1.29, 1.82) is 0 Å². The van der Waals surface area contributed by atoms with Gasteiger partial charge in [0, 0.05) is 31.1 Å². The second-order valence-corrected chi connectivity index (χ2v) is 9.90. The molecular formula is C21H16Br2N4O2S. The summed E-state index contributed by atoms with van der Waals surface area (Å²) in [6.45, 7) is 3.75. The topological polar surface area (TPSA) is 71.0 Å². The predicted octanol–water partition coefficient (Wildman–Crippen LogP) is 4.93. The van der Waals surface area contributed by atoms with E-state index in [1.807, 2.05) is 37.3 Å². The van der Waals surface area contributed by atoms with Crippen molar-refractivity contribution in [3.05, 3.63) is 72.8 Å². The lowest BCUT2D eigenvalue weighted by Crippen LogP contribution is -2.41. The molecule has 0 saturated carbocycles. The van der Waals surface area contributed by atoms with Crippen LogP contribution in [-0.2, 0) is 4.79 Å². The Bertz CT molecular complexity index is 1410. The van der Waals surface area contributed by atoms with Gasteiger partial charge in [-0.3, -0.25) is 9.59 Å². The number of aromatic amines is 1. The molecule has 2 aromatic heterocycles. The van der Waals surface area contributed by atoms with Gasteiger partial charge in [0.25, 0.3) is 5.56 Å². The van der Waals surface area contributed by atoms with Crippen molar-refractivity contribution in [3.63, 3.8) is 0 Å². The third kappa shape index (κ3) is 2.94. The number of nitrogens with one attached hydrogen (secondary N) is 1. The summed E-state index contributed by atoms with van der Waals surface area (Å²) in [6, 6.07) is 11.0. The number of ketones is 1. The molecule has 1 unspecified atom stereocenters. The van der Waals surface area contributed by atoms with E-state index in [-0.39, 0.29) is 11.3 Å². The first-order chi connectivity index (χ1) is 14.4. The number of fused-ring (bicyclic) bond motifs is 2. The van der Waals surface area contributed by atoms with Gasteiger partial charge in [-0.05, 0) is 59.9 Å². The van der Waals surface area contributed by atoms with Crippen LogP contribution in [0.2, 0.25) is 0 Å². The SMILES string of the molecule is Cc1[nH]c2ccccc2c1C1C(=O)CSN1n1c(C)nc2c(Br)cc(Br)cc2c1=O. The van der Waals surface area contributed by atoms with Crippen LogP contribution in [0.15, 0.2) is 50.1 Å². The van der Waals surface area contributed by atoms with Crippen molar-refractivity contribution >= 4 is 71.4 Å². The molecule has 1 atom stereocenters. The number of hydrogen-bond donors (Lipinski definition) is 1. The number of halogens is 2. The van der Waals surface area contributed by atoms with Crippen LogP contribution in [0.1, 0.15) is 23.1 Å². The highest BCUT2D eigenvalue weighted by atomic mass is 79.9. The van der Waals surface area contributed by atoms with E-state index >= 15 is 0 Å². The Balaban J connectivity index is 1.76. The van der Waals surface area contributed by atoms with E-state index in [9.17, 15) is 9.59 Å². The number of H-pyrrole nitrogens is 1. The van der Waals surface area contributed by atoms with Crippen LogP contribution >= 0.6 is 43.8 Å². The first-order valence-corrected chi connectivity index (χ1v) is 11.8. The molecular weight excluding hydrogens is 532 g/mol. The van der Waals surface area contributed by atoms with Gasteiger partial charge in [-0.1, -0.05) is 34.1 Å². The van der Waals surface area contributed by atoms with Gasteiger partial charge in [-0.15, -0.1) is 0 Å². The Morgan fingerprint density at radius 3 is 2.70 bits per heavy atom. The van der Waals surface area contributed by atoms with E-state index in [4.69, 9.17) is 0 Å². The second kappa shape index (κ2) is 7.25. The molecule has 6 nitrogen and oxygen atoms in total. The van der Waals surface area contributed by atoms with Gasteiger partial charge in [0.2, 0.25) is 0 Å². The van der Waals surface area contributed by atoms with Gasteiger partial charge in [0.05, 0.1) is 16.7 Å². The Kier molecular flexibility index (Phi) is 4.79. The molecule has 9 heteroatoms. The van der Waals surface area contributed by atoms with E-state index < -0.39 is 6.04 Å². The molecule has 1 aliphatic rings. The molecule has 0 radical (unpaired) electrons. The van der Waals surface area contributed by atoms with E-state index in [0.717, 1.165) is 31.1 Å². The van der Waals surface area contributed by atoms with Crippen LogP contribution in [-0.4, -0.2) is 26.2 Å². The molecule has 1 saturated heterocycles. The Morgan fingerprint density at radius 2 is 1.90 bits per heavy atom. The molecule has 4 aromatic rings. The average molecular weight is 548 g/mol. The van der Waals surface area contributed by atoms with E-state index in [0.29, 0.717) is 22.5 Å². The highest BCUT2D eigenvalue weighted by Gasteiger charge is 2.39. The maximum absolute atomic E-state index is 13.5. The fourth-order valence-corrected chi connectivity index (χ4v) is 6.46. The van der Waals surface area contributed by atoms with Gasteiger partial charge in [0.15, 0.2) is 5.78 Å². The third-order valence-electron chi connectivity index (χ3n) is 5.31. The Hall–Kier alpha value is -2.10. The number of nitrogens with zero attached hydrogens (tertiary/aromatic N) is 3. The number of hydrogen-bond acceptors (Lipinski definition) is 5. The van der Waals surface area contributed by atoms with Crippen molar-refractivity contribution in [2.45, 2.75) is 19.9 Å². The molecule has 3 heterocycles. The predicted molar refractivity (Wildman–Crippen MR) is 128 cm³/mol. The lowest BCUT2D eigenvalue weighted by molar-refractivity contribution is -0.117. The Morgan fingerprint density at radius 1 is 1.13 bits per heavy atom. The van der Waals surface area contributed by atoms with Gasteiger partial charge >= 0.3 is 0 Å². The maximum atomic E-state index is 13.5. The summed E-state index contributed by atoms with van der Waals surface area (Å²) < 4.78 is 4.84. The number of benzene rings is 2. The van der Waals surface area contributed by atoms with E-state index in [1.54, 1.807) is 17.4 Å². The number of carbonyl (C=O) groups excluding carboxylic acids is 1. The molecule has 152 valence electrons. The van der Waals surface area contributed by atoms with Crippen molar-refractivity contribution < 1.29 is 4.79 Å².